The molecule has 3 heteroatoms. The molecule has 4 aliphatic carbocycles. The predicted molar refractivity (Wildman–Crippen MR) is 64.3 cm³/mol. The Bertz CT molecular complexity index is 360. The Hall–Kier alpha value is -0.860. The Morgan fingerprint density at radius 1 is 1.06 bits per heavy atom. The average Bonchev–Trinajstić information content (AvgIpc) is 2.11. The van der Waals surface area contributed by atoms with Gasteiger partial charge >= 0.3 is 0 Å². The van der Waals surface area contributed by atoms with E-state index < -0.39 is 0 Å². The van der Waals surface area contributed by atoms with Crippen molar-refractivity contribution < 1.29 is 9.59 Å². The Morgan fingerprint density at radius 3 is 2.12 bits per heavy atom. The van der Waals surface area contributed by atoms with Crippen LogP contribution in [0, 0.1) is 23.7 Å². The standard InChI is InChI=1S/C14H21NO2/c1-8(16)13-11-3-10-4-12(13)7-14(5-10,6-11)15-9(2)17/h10-13H,3-7H2,1-2H3,(H,15,17). The Labute approximate surface area is 102 Å². The van der Waals surface area contributed by atoms with E-state index in [9.17, 15) is 9.59 Å². The van der Waals surface area contributed by atoms with E-state index in [4.69, 9.17) is 0 Å². The van der Waals surface area contributed by atoms with Gasteiger partial charge in [0.25, 0.3) is 0 Å². The second-order valence-corrected chi connectivity index (χ2v) is 6.57. The summed E-state index contributed by atoms with van der Waals surface area (Å²) in [4.78, 5) is 23.1. The molecule has 0 spiro atoms. The minimum Gasteiger partial charge on any atom is -0.351 e. The monoisotopic (exact) mass is 235 g/mol. The fourth-order valence-corrected chi connectivity index (χ4v) is 5.21. The van der Waals surface area contributed by atoms with Crippen LogP contribution in [-0.4, -0.2) is 17.2 Å². The number of carbonyl (C=O) groups excluding carboxylic acids is 2. The molecule has 0 aliphatic heterocycles. The van der Waals surface area contributed by atoms with Crippen LogP contribution in [0.3, 0.4) is 0 Å². The predicted octanol–water partition coefficient (Wildman–Crippen LogP) is 1.91. The topological polar surface area (TPSA) is 46.2 Å². The average molecular weight is 235 g/mol. The highest BCUT2D eigenvalue weighted by atomic mass is 16.1. The molecule has 1 amide bonds. The second kappa shape index (κ2) is 3.56. The van der Waals surface area contributed by atoms with E-state index in [0.717, 1.165) is 25.2 Å². The van der Waals surface area contributed by atoms with E-state index in [1.54, 1.807) is 13.8 Å². The van der Waals surface area contributed by atoms with Gasteiger partial charge in [0, 0.05) is 18.4 Å². The fourth-order valence-electron chi connectivity index (χ4n) is 5.21. The van der Waals surface area contributed by atoms with Crippen molar-refractivity contribution in [3.63, 3.8) is 0 Å². The molecule has 4 rings (SSSR count). The first-order valence-corrected chi connectivity index (χ1v) is 6.78. The summed E-state index contributed by atoms with van der Waals surface area (Å²) in [5.74, 6) is 2.56. The molecule has 4 saturated carbocycles. The molecule has 0 aromatic rings. The zero-order valence-electron chi connectivity index (χ0n) is 10.7. The van der Waals surface area contributed by atoms with Crippen LogP contribution in [0.15, 0.2) is 0 Å². The van der Waals surface area contributed by atoms with E-state index in [1.807, 2.05) is 0 Å². The van der Waals surface area contributed by atoms with Gasteiger partial charge in [0.2, 0.25) is 5.91 Å². The summed E-state index contributed by atoms with van der Waals surface area (Å²) in [6.45, 7) is 3.36. The van der Waals surface area contributed by atoms with Crippen molar-refractivity contribution in [3.8, 4) is 0 Å². The van der Waals surface area contributed by atoms with Gasteiger partial charge in [-0.3, -0.25) is 9.59 Å². The maximum atomic E-state index is 11.8. The summed E-state index contributed by atoms with van der Waals surface area (Å²) in [5.41, 5.74) is 0.0360. The Kier molecular flexibility index (Phi) is 2.36. The van der Waals surface area contributed by atoms with Gasteiger partial charge in [0.15, 0.2) is 0 Å². The highest BCUT2D eigenvalue weighted by molar-refractivity contribution is 5.79. The molecule has 0 radical (unpaired) electrons. The van der Waals surface area contributed by atoms with E-state index in [-0.39, 0.29) is 17.4 Å². The van der Waals surface area contributed by atoms with Crippen molar-refractivity contribution in [2.75, 3.05) is 0 Å². The van der Waals surface area contributed by atoms with Gasteiger partial charge in [-0.15, -0.1) is 0 Å². The van der Waals surface area contributed by atoms with Crippen LogP contribution >= 0.6 is 0 Å². The summed E-state index contributed by atoms with van der Waals surface area (Å²) in [5, 5.41) is 3.20. The lowest BCUT2D eigenvalue weighted by Crippen LogP contribution is -2.62. The number of amides is 1. The molecule has 0 saturated heterocycles. The summed E-state index contributed by atoms with van der Waals surface area (Å²) in [6, 6.07) is 0. The first kappa shape index (κ1) is 11.2. The zero-order valence-corrected chi connectivity index (χ0v) is 10.7. The smallest absolute Gasteiger partial charge is 0.217 e. The van der Waals surface area contributed by atoms with Gasteiger partial charge in [-0.2, -0.15) is 0 Å². The first-order chi connectivity index (χ1) is 7.99. The summed E-state index contributed by atoms with van der Waals surface area (Å²) in [6.07, 6.45) is 5.63. The van der Waals surface area contributed by atoms with Crippen molar-refractivity contribution in [1.82, 2.24) is 5.32 Å². The van der Waals surface area contributed by atoms with Gasteiger partial charge in [0.05, 0.1) is 0 Å². The van der Waals surface area contributed by atoms with Crippen molar-refractivity contribution in [2.24, 2.45) is 23.7 Å². The molecular weight excluding hydrogens is 214 g/mol. The molecule has 3 nitrogen and oxygen atoms in total. The molecule has 4 bridgehead atoms. The molecule has 2 unspecified atom stereocenters. The summed E-state index contributed by atoms with van der Waals surface area (Å²) < 4.78 is 0. The number of Topliss-reactive ketones (excluding diaryl/α,β-unsaturated/α-hetero) is 1. The lowest BCUT2D eigenvalue weighted by molar-refractivity contribution is -0.139. The van der Waals surface area contributed by atoms with Crippen LogP contribution in [0.5, 0.6) is 0 Å². The largest absolute Gasteiger partial charge is 0.351 e. The van der Waals surface area contributed by atoms with Gasteiger partial charge in [-0.1, -0.05) is 0 Å². The third-order valence-electron chi connectivity index (χ3n) is 5.18. The molecular formula is C14H21NO2. The molecule has 0 aromatic carbocycles. The van der Waals surface area contributed by atoms with Gasteiger partial charge in [0.1, 0.15) is 5.78 Å². The van der Waals surface area contributed by atoms with E-state index in [2.05, 4.69) is 5.32 Å². The minimum absolute atomic E-state index is 0.0360. The van der Waals surface area contributed by atoms with Crippen molar-refractivity contribution >= 4 is 11.7 Å². The van der Waals surface area contributed by atoms with Crippen molar-refractivity contribution in [3.05, 3.63) is 0 Å². The maximum absolute atomic E-state index is 11.8. The molecule has 0 heterocycles. The Balaban J connectivity index is 1.86. The maximum Gasteiger partial charge on any atom is 0.217 e. The van der Waals surface area contributed by atoms with Crippen molar-refractivity contribution in [1.29, 1.82) is 0 Å². The molecule has 1 N–H and O–H groups in total. The first-order valence-electron chi connectivity index (χ1n) is 6.78. The van der Waals surface area contributed by atoms with Crippen LogP contribution in [0.2, 0.25) is 0 Å². The zero-order chi connectivity index (χ0) is 12.2. The number of rotatable bonds is 2. The fraction of sp³-hybridized carbons (Fsp3) is 0.857. The summed E-state index contributed by atoms with van der Waals surface area (Å²) in [7, 11) is 0. The number of ketones is 1. The van der Waals surface area contributed by atoms with Crippen LogP contribution in [0.1, 0.15) is 46.0 Å². The quantitative estimate of drug-likeness (QED) is 0.794. The van der Waals surface area contributed by atoms with Crippen molar-refractivity contribution in [2.45, 2.75) is 51.5 Å². The number of carbonyl (C=O) groups is 2. The number of nitrogens with one attached hydrogen (secondary N) is 1. The molecule has 94 valence electrons. The van der Waals surface area contributed by atoms with E-state index in [0.29, 0.717) is 17.6 Å². The molecule has 4 fully saturated rings. The number of hydrogen-bond donors (Lipinski definition) is 1. The molecule has 17 heavy (non-hydrogen) atoms. The van der Waals surface area contributed by atoms with Gasteiger partial charge < -0.3 is 5.32 Å². The van der Waals surface area contributed by atoms with E-state index >= 15 is 0 Å². The lowest BCUT2D eigenvalue weighted by atomic mass is 9.48. The lowest BCUT2D eigenvalue weighted by Gasteiger charge is -2.59. The highest BCUT2D eigenvalue weighted by Gasteiger charge is 2.56. The number of hydrogen-bond acceptors (Lipinski definition) is 2. The SMILES string of the molecule is CC(=O)NC12CC3CC(C1)C(C(C)=O)C(C3)C2. The third-order valence-corrected chi connectivity index (χ3v) is 5.18. The van der Waals surface area contributed by atoms with E-state index in [1.165, 1.54) is 12.8 Å². The van der Waals surface area contributed by atoms with Crippen LogP contribution in [-0.2, 0) is 9.59 Å². The van der Waals surface area contributed by atoms with Gasteiger partial charge in [-0.25, -0.2) is 0 Å². The Morgan fingerprint density at radius 2 is 1.65 bits per heavy atom. The highest BCUT2D eigenvalue weighted by Crippen LogP contribution is 2.58. The summed E-state index contributed by atoms with van der Waals surface area (Å²) >= 11 is 0. The minimum atomic E-state index is 0.0360. The van der Waals surface area contributed by atoms with Gasteiger partial charge in [-0.05, 0) is 56.8 Å². The molecule has 0 aromatic heterocycles. The van der Waals surface area contributed by atoms with Crippen LogP contribution in [0.25, 0.3) is 0 Å². The van der Waals surface area contributed by atoms with Crippen LogP contribution in [0.4, 0.5) is 0 Å². The normalized spacial score (nSPS) is 46.9. The van der Waals surface area contributed by atoms with Crippen LogP contribution < -0.4 is 5.32 Å². The third kappa shape index (κ3) is 1.71. The second-order valence-electron chi connectivity index (χ2n) is 6.57. The molecule has 4 aliphatic rings. The molecule has 2 atom stereocenters.